The van der Waals surface area contributed by atoms with Crippen molar-refractivity contribution >= 4 is 23.4 Å². The lowest BCUT2D eigenvalue weighted by molar-refractivity contribution is -0.128. The van der Waals surface area contributed by atoms with Crippen molar-refractivity contribution in [2.24, 2.45) is 0 Å². The van der Waals surface area contributed by atoms with Crippen LogP contribution in [0.15, 0.2) is 84.3 Å². The number of amides is 1. The van der Waals surface area contributed by atoms with E-state index in [2.05, 4.69) is 15.1 Å². The first-order valence-corrected chi connectivity index (χ1v) is 9.86. The van der Waals surface area contributed by atoms with E-state index in [1.807, 2.05) is 67.7 Å². The first-order valence-electron chi connectivity index (χ1n) is 8.88. The van der Waals surface area contributed by atoms with Gasteiger partial charge in [-0.1, -0.05) is 72.4 Å². The lowest BCUT2D eigenvalue weighted by Crippen LogP contribution is -2.33. The molecule has 7 heteroatoms. The van der Waals surface area contributed by atoms with Gasteiger partial charge in [-0.25, -0.2) is 9.50 Å². The summed E-state index contributed by atoms with van der Waals surface area (Å²) in [5.74, 6) is 0.788. The van der Waals surface area contributed by atoms with Crippen molar-refractivity contribution < 1.29 is 4.79 Å². The minimum Gasteiger partial charge on any atom is -0.334 e. The molecule has 0 fully saturated rings. The van der Waals surface area contributed by atoms with Crippen LogP contribution in [0.4, 0.5) is 0 Å². The fourth-order valence-corrected chi connectivity index (χ4v) is 3.81. The maximum absolute atomic E-state index is 12.9. The molecule has 0 spiro atoms. The number of benzene rings is 2. The van der Waals surface area contributed by atoms with E-state index in [-0.39, 0.29) is 17.7 Å². The normalized spacial score (nSPS) is 11.1. The molecule has 2 aromatic carbocycles. The number of thioether (sulfide) groups is 1. The molecule has 2 heterocycles. The lowest BCUT2D eigenvalue weighted by atomic mass is 9.97. The van der Waals surface area contributed by atoms with Gasteiger partial charge in [0.15, 0.2) is 0 Å². The van der Waals surface area contributed by atoms with Crippen molar-refractivity contribution in [1.29, 1.82) is 0 Å². The molecule has 2 aromatic heterocycles. The third kappa shape index (κ3) is 3.89. The molecule has 4 rings (SSSR count). The Bertz CT molecular complexity index is 995. The molecule has 0 bridgehead atoms. The number of carbonyl (C=O) groups excluding carboxylic acids is 1. The van der Waals surface area contributed by atoms with Gasteiger partial charge in [0.25, 0.3) is 5.78 Å². The molecular weight excluding hydrogens is 370 g/mol. The highest BCUT2D eigenvalue weighted by atomic mass is 32.2. The van der Waals surface area contributed by atoms with Crippen LogP contribution in [0, 0.1) is 0 Å². The maximum Gasteiger partial charge on any atom is 0.253 e. The molecule has 140 valence electrons. The van der Waals surface area contributed by atoms with E-state index < -0.39 is 0 Å². The fourth-order valence-electron chi connectivity index (χ4n) is 3.06. The van der Waals surface area contributed by atoms with Crippen LogP contribution >= 0.6 is 11.8 Å². The van der Waals surface area contributed by atoms with Gasteiger partial charge in [0.1, 0.15) is 0 Å². The Morgan fingerprint density at radius 2 is 1.68 bits per heavy atom. The zero-order valence-electron chi connectivity index (χ0n) is 15.3. The van der Waals surface area contributed by atoms with Crippen molar-refractivity contribution in [3.63, 3.8) is 0 Å². The maximum atomic E-state index is 12.9. The van der Waals surface area contributed by atoms with E-state index in [0.717, 1.165) is 11.1 Å². The summed E-state index contributed by atoms with van der Waals surface area (Å²) in [6.07, 6.45) is 3.45. The van der Waals surface area contributed by atoms with E-state index >= 15 is 0 Å². The second-order valence-corrected chi connectivity index (χ2v) is 7.22. The largest absolute Gasteiger partial charge is 0.334 e. The number of rotatable bonds is 6. The monoisotopic (exact) mass is 389 g/mol. The summed E-state index contributed by atoms with van der Waals surface area (Å²) < 4.78 is 1.60. The van der Waals surface area contributed by atoms with Crippen LogP contribution in [0.5, 0.6) is 0 Å². The third-order valence-corrected chi connectivity index (χ3v) is 5.26. The van der Waals surface area contributed by atoms with Gasteiger partial charge in [-0.15, -0.1) is 5.10 Å². The summed E-state index contributed by atoms with van der Waals surface area (Å²) >= 11 is 1.32. The van der Waals surface area contributed by atoms with Crippen LogP contribution in [0.25, 0.3) is 5.78 Å². The highest BCUT2D eigenvalue weighted by Crippen LogP contribution is 2.28. The van der Waals surface area contributed by atoms with Gasteiger partial charge >= 0.3 is 0 Å². The van der Waals surface area contributed by atoms with E-state index in [0.29, 0.717) is 10.9 Å². The molecule has 6 nitrogen and oxygen atoms in total. The fraction of sp³-hybridized carbons (Fsp3) is 0.143. The van der Waals surface area contributed by atoms with E-state index in [9.17, 15) is 4.79 Å². The summed E-state index contributed by atoms with van der Waals surface area (Å²) in [5.41, 5.74) is 2.15. The third-order valence-electron chi connectivity index (χ3n) is 4.43. The number of nitrogens with zero attached hydrogens (tertiary/aromatic N) is 5. The van der Waals surface area contributed by atoms with Gasteiger partial charge in [0, 0.05) is 19.4 Å². The van der Waals surface area contributed by atoms with Gasteiger partial charge < -0.3 is 4.90 Å². The zero-order chi connectivity index (χ0) is 19.3. The minimum absolute atomic E-state index is 0.00882. The molecule has 0 saturated carbocycles. The van der Waals surface area contributed by atoms with Crippen molar-refractivity contribution in [2.45, 2.75) is 11.2 Å². The Morgan fingerprint density at radius 3 is 2.29 bits per heavy atom. The van der Waals surface area contributed by atoms with Gasteiger partial charge in [-0.3, -0.25) is 4.79 Å². The van der Waals surface area contributed by atoms with Crippen molar-refractivity contribution in [1.82, 2.24) is 24.5 Å². The summed E-state index contributed by atoms with van der Waals surface area (Å²) in [6.45, 7) is 0. The highest BCUT2D eigenvalue weighted by Gasteiger charge is 2.23. The average Bonchev–Trinajstić information content (AvgIpc) is 3.17. The summed E-state index contributed by atoms with van der Waals surface area (Å²) in [7, 11) is 1.84. The number of hydrogen-bond donors (Lipinski definition) is 0. The van der Waals surface area contributed by atoms with Crippen molar-refractivity contribution in [3.05, 3.63) is 90.3 Å². The number of hydrogen-bond acceptors (Lipinski definition) is 5. The van der Waals surface area contributed by atoms with Crippen LogP contribution in [0.3, 0.4) is 0 Å². The van der Waals surface area contributed by atoms with E-state index in [1.54, 1.807) is 27.9 Å². The molecule has 4 aromatic rings. The van der Waals surface area contributed by atoms with Gasteiger partial charge in [0.2, 0.25) is 11.1 Å². The summed E-state index contributed by atoms with van der Waals surface area (Å²) in [5, 5.41) is 4.88. The molecule has 0 radical (unpaired) electrons. The smallest absolute Gasteiger partial charge is 0.253 e. The van der Waals surface area contributed by atoms with Crippen LogP contribution in [0.1, 0.15) is 17.2 Å². The minimum atomic E-state index is -0.147. The molecule has 0 atom stereocenters. The predicted octanol–water partition coefficient (Wildman–Crippen LogP) is 3.46. The topological polar surface area (TPSA) is 63.4 Å². The standard InChI is InChI=1S/C21H19N5OS/c1-25(18(27)15-28-21-23-20-22-13-8-14-26(20)24-21)19(16-9-4-2-5-10-16)17-11-6-3-7-12-17/h2-14,19H,15H2,1H3. The van der Waals surface area contributed by atoms with Gasteiger partial charge in [-0.2, -0.15) is 4.98 Å². The molecule has 0 aliphatic carbocycles. The van der Waals surface area contributed by atoms with E-state index in [1.165, 1.54) is 11.8 Å². The molecule has 0 saturated heterocycles. The van der Waals surface area contributed by atoms with E-state index in [4.69, 9.17) is 0 Å². The van der Waals surface area contributed by atoms with Crippen LogP contribution in [-0.4, -0.2) is 43.2 Å². The average molecular weight is 389 g/mol. The highest BCUT2D eigenvalue weighted by molar-refractivity contribution is 7.99. The predicted molar refractivity (Wildman–Crippen MR) is 109 cm³/mol. The number of fused-ring (bicyclic) bond motifs is 1. The Labute approximate surface area is 167 Å². The first-order chi connectivity index (χ1) is 13.7. The first kappa shape index (κ1) is 18.2. The Hall–Kier alpha value is -3.19. The Balaban J connectivity index is 1.52. The second kappa shape index (κ2) is 8.22. The Kier molecular flexibility index (Phi) is 5.34. The molecule has 0 aliphatic rings. The van der Waals surface area contributed by atoms with Crippen LogP contribution < -0.4 is 0 Å². The van der Waals surface area contributed by atoms with Gasteiger partial charge in [0.05, 0.1) is 11.8 Å². The molecule has 1 amide bonds. The molecule has 0 aliphatic heterocycles. The van der Waals surface area contributed by atoms with Crippen LogP contribution in [0.2, 0.25) is 0 Å². The number of carbonyl (C=O) groups is 1. The molecular formula is C21H19N5OS. The lowest BCUT2D eigenvalue weighted by Gasteiger charge is -2.29. The van der Waals surface area contributed by atoms with Crippen LogP contribution in [-0.2, 0) is 4.79 Å². The Morgan fingerprint density at radius 1 is 1.04 bits per heavy atom. The molecule has 28 heavy (non-hydrogen) atoms. The molecule has 0 N–H and O–H groups in total. The van der Waals surface area contributed by atoms with Crippen molar-refractivity contribution in [3.8, 4) is 0 Å². The zero-order valence-corrected chi connectivity index (χ0v) is 16.2. The summed E-state index contributed by atoms with van der Waals surface area (Å²) in [4.78, 5) is 23.2. The SMILES string of the molecule is CN(C(=O)CSc1nc2ncccn2n1)C(c1ccccc1)c1ccccc1. The summed E-state index contributed by atoms with van der Waals surface area (Å²) in [6, 6.07) is 21.8. The quantitative estimate of drug-likeness (QED) is 0.473. The second-order valence-electron chi connectivity index (χ2n) is 6.28. The number of aromatic nitrogens is 4. The van der Waals surface area contributed by atoms with Gasteiger partial charge in [-0.05, 0) is 17.2 Å². The van der Waals surface area contributed by atoms with Crippen molar-refractivity contribution in [2.75, 3.05) is 12.8 Å². The molecule has 0 unspecified atom stereocenters.